The fraction of sp³-hybridized carbons (Fsp3) is 0.481. The summed E-state index contributed by atoms with van der Waals surface area (Å²) in [6.45, 7) is 5.04. The van der Waals surface area contributed by atoms with Gasteiger partial charge in [-0.25, -0.2) is 4.99 Å². The van der Waals surface area contributed by atoms with Crippen molar-refractivity contribution in [3.8, 4) is 0 Å². The lowest BCUT2D eigenvalue weighted by atomic mass is 10.1. The van der Waals surface area contributed by atoms with Crippen LogP contribution in [0, 0.1) is 0 Å². The summed E-state index contributed by atoms with van der Waals surface area (Å²) in [6, 6.07) is 10.7. The van der Waals surface area contributed by atoms with E-state index >= 15 is 0 Å². The molecule has 0 saturated carbocycles. The highest BCUT2D eigenvalue weighted by Gasteiger charge is 2.22. The first-order chi connectivity index (χ1) is 16.4. The standard InChI is InChI=1S/C27H39N5OS/c1-4-14-32(19-21-11-9-20(10-12-21)18-31(2)3)27(33)22-15-25-24(30-26(29)16-22)17-23(34-25)8-6-5-7-13-28/h9-12,15,17H,4-8,13-14,16,18-19,28H2,1-3H3,(H2,29,30). The number of aryl methyl sites for hydroxylation is 1. The Kier molecular flexibility index (Phi) is 9.86. The number of amidine groups is 1. The van der Waals surface area contributed by atoms with Gasteiger partial charge in [-0.05, 0) is 69.6 Å². The molecule has 6 nitrogen and oxygen atoms in total. The maximum absolute atomic E-state index is 13.6. The maximum atomic E-state index is 13.6. The second-order valence-electron chi connectivity index (χ2n) is 9.29. The number of benzene rings is 1. The van der Waals surface area contributed by atoms with Crippen LogP contribution in [0.15, 0.2) is 40.9 Å². The molecule has 1 aliphatic heterocycles. The van der Waals surface area contributed by atoms with E-state index in [-0.39, 0.29) is 5.91 Å². The Morgan fingerprint density at radius 1 is 1.09 bits per heavy atom. The van der Waals surface area contributed by atoms with Gasteiger partial charge < -0.3 is 21.3 Å². The number of amides is 1. The third-order valence-electron chi connectivity index (χ3n) is 5.81. The lowest BCUT2D eigenvalue weighted by Gasteiger charge is -2.24. The van der Waals surface area contributed by atoms with E-state index in [1.807, 2.05) is 11.0 Å². The van der Waals surface area contributed by atoms with Gasteiger partial charge in [0.25, 0.3) is 5.91 Å². The van der Waals surface area contributed by atoms with Gasteiger partial charge in [-0.3, -0.25) is 4.79 Å². The van der Waals surface area contributed by atoms with Crippen LogP contribution in [-0.4, -0.2) is 48.7 Å². The van der Waals surface area contributed by atoms with Gasteiger partial charge in [0.1, 0.15) is 5.84 Å². The second-order valence-corrected chi connectivity index (χ2v) is 10.5. The number of fused-ring (bicyclic) bond motifs is 1. The predicted molar refractivity (Wildman–Crippen MR) is 144 cm³/mol. The number of carbonyl (C=O) groups is 1. The highest BCUT2D eigenvalue weighted by molar-refractivity contribution is 7.13. The third-order valence-corrected chi connectivity index (χ3v) is 6.94. The van der Waals surface area contributed by atoms with E-state index < -0.39 is 0 Å². The number of carbonyl (C=O) groups excluding carboxylic acids is 1. The van der Waals surface area contributed by atoms with E-state index in [9.17, 15) is 4.79 Å². The lowest BCUT2D eigenvalue weighted by molar-refractivity contribution is -0.127. The number of rotatable bonds is 12. The van der Waals surface area contributed by atoms with Crippen LogP contribution in [0.1, 0.15) is 59.9 Å². The summed E-state index contributed by atoms with van der Waals surface area (Å²) in [5, 5.41) is 0. The van der Waals surface area contributed by atoms with Crippen LogP contribution in [0.4, 0.5) is 5.69 Å². The van der Waals surface area contributed by atoms with Crippen LogP contribution >= 0.6 is 11.3 Å². The molecule has 34 heavy (non-hydrogen) atoms. The first-order valence-corrected chi connectivity index (χ1v) is 13.1. The second kappa shape index (κ2) is 12.8. The SMILES string of the molecule is CCCN(Cc1ccc(CN(C)C)cc1)C(=O)C1=Cc2sc(CCCCCN)cc2N=C(N)C1. The third kappa shape index (κ3) is 7.52. The highest BCUT2D eigenvalue weighted by Crippen LogP contribution is 2.35. The summed E-state index contributed by atoms with van der Waals surface area (Å²) in [5.41, 5.74) is 15.8. The number of thiophene rings is 1. The van der Waals surface area contributed by atoms with Gasteiger partial charge in [0.05, 0.1) is 10.6 Å². The monoisotopic (exact) mass is 481 g/mol. The molecule has 1 aromatic carbocycles. The highest BCUT2D eigenvalue weighted by atomic mass is 32.1. The van der Waals surface area contributed by atoms with Gasteiger partial charge in [0, 0.05) is 36.5 Å². The summed E-state index contributed by atoms with van der Waals surface area (Å²) in [7, 11) is 4.13. The largest absolute Gasteiger partial charge is 0.387 e. The van der Waals surface area contributed by atoms with Gasteiger partial charge in [0.15, 0.2) is 0 Å². The van der Waals surface area contributed by atoms with Gasteiger partial charge in [-0.2, -0.15) is 0 Å². The van der Waals surface area contributed by atoms with Crippen molar-refractivity contribution in [2.45, 2.75) is 58.5 Å². The van der Waals surface area contributed by atoms with Gasteiger partial charge in [0.2, 0.25) is 0 Å². The number of hydrogen-bond donors (Lipinski definition) is 2. The smallest absolute Gasteiger partial charge is 0.250 e. The van der Waals surface area contributed by atoms with Crippen molar-refractivity contribution in [2.75, 3.05) is 27.2 Å². The molecule has 184 valence electrons. The molecule has 0 radical (unpaired) electrons. The zero-order valence-corrected chi connectivity index (χ0v) is 21.7. The Bertz CT molecular complexity index is 1010. The molecule has 0 fully saturated rings. The molecular formula is C27H39N5OS. The molecular weight excluding hydrogens is 442 g/mol. The number of unbranched alkanes of at least 4 members (excludes halogenated alkanes) is 2. The molecule has 1 aromatic heterocycles. The minimum absolute atomic E-state index is 0.0445. The molecule has 3 rings (SSSR count). The summed E-state index contributed by atoms with van der Waals surface area (Å²) >= 11 is 1.72. The topological polar surface area (TPSA) is 88.0 Å². The van der Waals surface area contributed by atoms with Crippen LogP contribution in [0.25, 0.3) is 6.08 Å². The van der Waals surface area contributed by atoms with E-state index in [4.69, 9.17) is 11.5 Å². The summed E-state index contributed by atoms with van der Waals surface area (Å²) in [4.78, 5) is 24.6. The van der Waals surface area contributed by atoms with E-state index in [1.54, 1.807) is 11.3 Å². The van der Waals surface area contributed by atoms with Crippen molar-refractivity contribution in [2.24, 2.45) is 16.5 Å². The first kappa shape index (κ1) is 26.1. The van der Waals surface area contributed by atoms with Crippen LogP contribution < -0.4 is 11.5 Å². The molecule has 2 aromatic rings. The Labute approximate surface area is 208 Å². The van der Waals surface area contributed by atoms with Crippen LogP contribution in [0.5, 0.6) is 0 Å². The van der Waals surface area contributed by atoms with E-state index in [1.165, 1.54) is 10.4 Å². The fourth-order valence-corrected chi connectivity index (χ4v) is 5.29. The summed E-state index contributed by atoms with van der Waals surface area (Å²) < 4.78 is 0. The minimum Gasteiger partial charge on any atom is -0.387 e. The molecule has 0 bridgehead atoms. The minimum atomic E-state index is 0.0445. The van der Waals surface area contributed by atoms with Crippen LogP contribution in [-0.2, 0) is 24.3 Å². The van der Waals surface area contributed by atoms with Gasteiger partial charge in [-0.15, -0.1) is 11.3 Å². The molecule has 1 amide bonds. The fourth-order valence-electron chi connectivity index (χ4n) is 4.18. The number of aliphatic imine (C=N–C) groups is 1. The lowest BCUT2D eigenvalue weighted by Crippen LogP contribution is -2.33. The van der Waals surface area contributed by atoms with E-state index in [0.717, 1.165) is 61.3 Å². The Balaban J connectivity index is 1.76. The number of hydrogen-bond acceptors (Lipinski definition) is 6. The van der Waals surface area contributed by atoms with Crippen molar-refractivity contribution in [1.29, 1.82) is 0 Å². The average Bonchev–Trinajstić information content (AvgIpc) is 3.09. The van der Waals surface area contributed by atoms with Crippen LogP contribution in [0.2, 0.25) is 0 Å². The van der Waals surface area contributed by atoms with Crippen molar-refractivity contribution in [3.05, 3.63) is 56.8 Å². The molecule has 1 aliphatic rings. The predicted octanol–water partition coefficient (Wildman–Crippen LogP) is 4.70. The normalized spacial score (nSPS) is 13.3. The quantitative estimate of drug-likeness (QED) is 0.430. The van der Waals surface area contributed by atoms with E-state index in [2.05, 4.69) is 61.2 Å². The summed E-state index contributed by atoms with van der Waals surface area (Å²) in [6.07, 6.45) is 7.61. The van der Waals surface area contributed by atoms with Crippen molar-refractivity contribution < 1.29 is 4.79 Å². The summed E-state index contributed by atoms with van der Waals surface area (Å²) in [5.74, 6) is 0.540. The maximum Gasteiger partial charge on any atom is 0.250 e. The molecule has 0 atom stereocenters. The molecule has 2 heterocycles. The molecule has 0 aliphatic carbocycles. The molecule has 0 saturated heterocycles. The van der Waals surface area contributed by atoms with Crippen LogP contribution in [0.3, 0.4) is 0 Å². The molecule has 0 unspecified atom stereocenters. The van der Waals surface area contributed by atoms with Crippen molar-refractivity contribution in [3.63, 3.8) is 0 Å². The number of nitrogens with two attached hydrogens (primary N) is 2. The zero-order valence-electron chi connectivity index (χ0n) is 20.8. The molecule has 0 spiro atoms. The van der Waals surface area contributed by atoms with Gasteiger partial charge >= 0.3 is 0 Å². The van der Waals surface area contributed by atoms with Gasteiger partial charge in [-0.1, -0.05) is 37.6 Å². The molecule has 4 N–H and O–H groups in total. The van der Waals surface area contributed by atoms with E-state index in [0.29, 0.717) is 30.9 Å². The zero-order chi connectivity index (χ0) is 24.5. The van der Waals surface area contributed by atoms with Crippen molar-refractivity contribution in [1.82, 2.24) is 9.80 Å². The Morgan fingerprint density at radius 3 is 2.44 bits per heavy atom. The number of nitrogens with zero attached hydrogens (tertiary/aromatic N) is 3. The van der Waals surface area contributed by atoms with Crippen molar-refractivity contribution >= 4 is 34.8 Å². The molecule has 7 heteroatoms. The Morgan fingerprint density at radius 2 is 1.79 bits per heavy atom. The Hall–Kier alpha value is -2.48. The first-order valence-electron chi connectivity index (χ1n) is 12.3. The average molecular weight is 482 g/mol.